The van der Waals surface area contributed by atoms with Gasteiger partial charge in [0.15, 0.2) is 12.6 Å². The number of aliphatic hydroxyl groups excluding tert-OH is 8. The first kappa shape index (κ1) is 76.2. The second-order valence-electron chi connectivity index (χ2n) is 22.2. The van der Waals surface area contributed by atoms with Crippen LogP contribution in [0.15, 0.2) is 134 Å². The third kappa shape index (κ3) is 37.6. The van der Waals surface area contributed by atoms with Gasteiger partial charge in [0.05, 0.1) is 32.0 Å². The number of nitrogens with one attached hydrogen (secondary N) is 1. The molecule has 14 nitrogen and oxygen atoms in total. The number of carbonyl (C=O) groups excluding carboxylic acids is 1. The van der Waals surface area contributed by atoms with Crippen molar-refractivity contribution in [2.75, 3.05) is 19.8 Å². The highest BCUT2D eigenvalue weighted by Crippen LogP contribution is 2.30. The normalized spacial score (nSPS) is 24.6. The zero-order chi connectivity index (χ0) is 60.9. The number of amides is 1. The molecule has 0 spiro atoms. The van der Waals surface area contributed by atoms with E-state index < -0.39 is 86.8 Å². The van der Waals surface area contributed by atoms with E-state index in [-0.39, 0.29) is 18.9 Å². The molecule has 2 fully saturated rings. The Kier molecular flexibility index (Phi) is 48.4. The average Bonchev–Trinajstić information content (AvgIpc) is 2.28. The van der Waals surface area contributed by atoms with Crippen LogP contribution < -0.4 is 5.32 Å². The van der Waals surface area contributed by atoms with Crippen LogP contribution in [-0.2, 0) is 23.7 Å². The summed E-state index contributed by atoms with van der Waals surface area (Å²) < 4.78 is 22.7. The number of allylic oxidation sites excluding steroid dienone is 21. The van der Waals surface area contributed by atoms with Gasteiger partial charge in [-0.1, -0.05) is 237 Å². The lowest BCUT2D eigenvalue weighted by atomic mass is 9.97. The molecule has 0 aliphatic carbocycles. The monoisotopic (exact) mass is 1180 g/mol. The topological polar surface area (TPSA) is 228 Å². The molecule has 2 heterocycles. The number of unbranched alkanes of at least 4 members (excludes halogenated alkanes) is 17. The van der Waals surface area contributed by atoms with Gasteiger partial charge in [-0.05, 0) is 96.3 Å². The Hall–Kier alpha value is -3.87. The first-order chi connectivity index (χ1) is 41.1. The zero-order valence-corrected chi connectivity index (χ0v) is 51.6. The number of rotatable bonds is 50. The Balaban J connectivity index is 1.58. The Bertz CT molecular complexity index is 1920. The fourth-order valence-corrected chi connectivity index (χ4v) is 9.67. The van der Waals surface area contributed by atoms with E-state index in [1.54, 1.807) is 6.08 Å². The Labute approximate surface area is 507 Å². The van der Waals surface area contributed by atoms with E-state index in [0.717, 1.165) is 116 Å². The van der Waals surface area contributed by atoms with E-state index in [4.69, 9.17) is 18.9 Å². The lowest BCUT2D eigenvalue weighted by Gasteiger charge is -2.46. The van der Waals surface area contributed by atoms with Gasteiger partial charge in [-0.2, -0.15) is 0 Å². The number of hydrogen-bond donors (Lipinski definition) is 9. The quantitative estimate of drug-likeness (QED) is 0.0204. The summed E-state index contributed by atoms with van der Waals surface area (Å²) in [6, 6.07) is -0.923. The first-order valence-electron chi connectivity index (χ1n) is 32.4. The van der Waals surface area contributed by atoms with Crippen molar-refractivity contribution in [1.82, 2.24) is 5.32 Å². The average molecular weight is 1180 g/mol. The van der Waals surface area contributed by atoms with Gasteiger partial charge in [0.2, 0.25) is 5.91 Å². The van der Waals surface area contributed by atoms with E-state index in [9.17, 15) is 45.6 Å². The molecule has 2 aliphatic heterocycles. The highest BCUT2D eigenvalue weighted by molar-refractivity contribution is 5.76. The van der Waals surface area contributed by atoms with Crippen LogP contribution in [0.4, 0.5) is 0 Å². The van der Waals surface area contributed by atoms with Crippen molar-refractivity contribution in [1.29, 1.82) is 0 Å². The van der Waals surface area contributed by atoms with Gasteiger partial charge in [-0.15, -0.1) is 0 Å². The van der Waals surface area contributed by atoms with Crippen molar-refractivity contribution >= 4 is 5.91 Å². The molecule has 0 bridgehead atoms. The summed E-state index contributed by atoms with van der Waals surface area (Å²) in [4.78, 5) is 13.2. The van der Waals surface area contributed by atoms with E-state index in [0.29, 0.717) is 6.42 Å². The minimum Gasteiger partial charge on any atom is -0.394 e. The van der Waals surface area contributed by atoms with Crippen molar-refractivity contribution in [2.45, 2.75) is 280 Å². The molecule has 2 aliphatic rings. The summed E-state index contributed by atoms with van der Waals surface area (Å²) in [6.45, 7) is 2.62. The molecule has 0 aromatic carbocycles. The maximum absolute atomic E-state index is 13.2. The van der Waals surface area contributed by atoms with Crippen molar-refractivity contribution < 1.29 is 64.6 Å². The molecule has 1 amide bonds. The van der Waals surface area contributed by atoms with Crippen molar-refractivity contribution in [3.05, 3.63) is 134 Å². The van der Waals surface area contributed by atoms with Crippen LogP contribution >= 0.6 is 0 Å². The molecular weight excluding hydrogens is 1060 g/mol. The van der Waals surface area contributed by atoms with Gasteiger partial charge in [0, 0.05) is 6.42 Å². The number of ether oxygens (including phenoxy) is 4. The predicted octanol–water partition coefficient (Wildman–Crippen LogP) is 12.3. The molecule has 0 aromatic heterocycles. The molecule has 478 valence electrons. The largest absolute Gasteiger partial charge is 0.394 e. The summed E-state index contributed by atoms with van der Waals surface area (Å²) in [7, 11) is 0. The first-order valence-corrected chi connectivity index (χ1v) is 32.4. The standard InChI is InChI=1S/C70H115NO13/c1-3-5-7-9-11-13-14-15-16-17-18-19-20-21-22-23-24-25-26-27-28-29-30-31-32-33-34-35-36-37-38-39-40-41-42-43-44-46-48-50-52-54-62(75)71-58(59(74)53-51-49-47-45-12-10-8-6-4-2)57-81-69-67(80)65(78)68(61(56-73)83-69)84-70-66(79)64(77)63(76)60(55-72)82-70/h5,7,11,13,15-16,18-19,21-22,24-25,27-28,30-31,33-34,36-37,51,53,58-61,63-70,72-74,76-80H,3-4,6,8-10,12,14,17,20,23,26,29,32,35,38-50,52,54-57H2,1-2H3,(H,71,75)/b7-5-,13-11-,16-15-,19-18-,22-21-,25-24-,28-27-,31-30-,34-33-,37-36-,53-51+. The van der Waals surface area contributed by atoms with Gasteiger partial charge in [0.1, 0.15) is 48.8 Å². The van der Waals surface area contributed by atoms with Crippen molar-refractivity contribution in [3.63, 3.8) is 0 Å². The number of carbonyl (C=O) groups is 1. The third-order valence-electron chi connectivity index (χ3n) is 14.8. The molecule has 12 unspecified atom stereocenters. The maximum Gasteiger partial charge on any atom is 0.220 e. The summed E-state index contributed by atoms with van der Waals surface area (Å²) in [6.07, 6.45) is 62.4. The molecular formula is C70H115NO13. The molecule has 2 rings (SSSR count). The molecule has 14 heteroatoms. The Morgan fingerprint density at radius 3 is 1.26 bits per heavy atom. The van der Waals surface area contributed by atoms with Crippen LogP contribution in [0.2, 0.25) is 0 Å². The molecule has 84 heavy (non-hydrogen) atoms. The van der Waals surface area contributed by atoms with E-state index in [1.807, 2.05) is 6.08 Å². The van der Waals surface area contributed by atoms with Crippen LogP contribution in [0.3, 0.4) is 0 Å². The van der Waals surface area contributed by atoms with E-state index in [2.05, 4.69) is 141 Å². The van der Waals surface area contributed by atoms with Crippen LogP contribution in [-0.4, -0.2) is 140 Å². The SMILES string of the molecule is CC/C=C\C/C=C\C/C=C\C/C=C\C/C=C\C/C=C\C/C=C\C/C=C\C/C=C\C/C=C\CCCCCCCCCCCCC(=O)NC(COC1OC(CO)C(OC2OC(CO)C(O)C(O)C2O)C(O)C1O)C(O)/C=C/CCCCCCCCC. The second-order valence-corrected chi connectivity index (χ2v) is 22.2. The predicted molar refractivity (Wildman–Crippen MR) is 341 cm³/mol. The lowest BCUT2D eigenvalue weighted by Crippen LogP contribution is -2.65. The highest BCUT2D eigenvalue weighted by atomic mass is 16.7. The summed E-state index contributed by atoms with van der Waals surface area (Å²) >= 11 is 0. The van der Waals surface area contributed by atoms with Gasteiger partial charge < -0.3 is 65.1 Å². The zero-order valence-electron chi connectivity index (χ0n) is 51.6. The lowest BCUT2D eigenvalue weighted by molar-refractivity contribution is -0.359. The van der Waals surface area contributed by atoms with E-state index >= 15 is 0 Å². The second kappa shape index (κ2) is 53.4. The maximum atomic E-state index is 13.2. The Morgan fingerprint density at radius 1 is 0.440 bits per heavy atom. The molecule has 2 saturated heterocycles. The summed E-state index contributed by atoms with van der Waals surface area (Å²) in [5.41, 5.74) is 0. The van der Waals surface area contributed by atoms with Gasteiger partial charge in [-0.25, -0.2) is 0 Å². The summed E-state index contributed by atoms with van der Waals surface area (Å²) in [5.74, 6) is -0.253. The molecule has 0 radical (unpaired) electrons. The number of hydrogen-bond acceptors (Lipinski definition) is 13. The van der Waals surface area contributed by atoms with Crippen LogP contribution in [0.1, 0.15) is 206 Å². The van der Waals surface area contributed by atoms with Gasteiger partial charge >= 0.3 is 0 Å². The minimum absolute atomic E-state index is 0.253. The van der Waals surface area contributed by atoms with Crippen LogP contribution in [0.5, 0.6) is 0 Å². The smallest absolute Gasteiger partial charge is 0.220 e. The van der Waals surface area contributed by atoms with Crippen LogP contribution in [0, 0.1) is 0 Å². The molecule has 12 atom stereocenters. The Morgan fingerprint density at radius 2 is 0.821 bits per heavy atom. The number of aliphatic hydroxyl groups is 8. The van der Waals surface area contributed by atoms with Gasteiger partial charge in [0.25, 0.3) is 0 Å². The van der Waals surface area contributed by atoms with Crippen molar-refractivity contribution in [3.8, 4) is 0 Å². The molecule has 0 saturated carbocycles. The molecule has 9 N–H and O–H groups in total. The van der Waals surface area contributed by atoms with E-state index in [1.165, 1.54) is 64.2 Å². The van der Waals surface area contributed by atoms with Crippen molar-refractivity contribution in [2.24, 2.45) is 0 Å². The summed E-state index contributed by atoms with van der Waals surface area (Å²) in [5, 5.41) is 86.9. The fourth-order valence-electron chi connectivity index (χ4n) is 9.67. The third-order valence-corrected chi connectivity index (χ3v) is 14.8. The highest BCUT2D eigenvalue weighted by Gasteiger charge is 2.51. The minimum atomic E-state index is -1.79. The molecule has 0 aromatic rings. The fraction of sp³-hybridized carbons (Fsp3) is 0.671. The van der Waals surface area contributed by atoms with Gasteiger partial charge in [-0.3, -0.25) is 4.79 Å². The van der Waals surface area contributed by atoms with Crippen LogP contribution in [0.25, 0.3) is 0 Å².